The summed E-state index contributed by atoms with van der Waals surface area (Å²) in [5.74, 6) is 0.342. The molecule has 1 amide bonds. The number of piperidine rings is 1. The first-order valence-electron chi connectivity index (χ1n) is 7.76. The van der Waals surface area contributed by atoms with Crippen LogP contribution in [0.3, 0.4) is 0 Å². The summed E-state index contributed by atoms with van der Waals surface area (Å²) in [6.07, 6.45) is 1.87. The molecule has 3 heterocycles. The molecule has 0 saturated carbocycles. The summed E-state index contributed by atoms with van der Waals surface area (Å²) in [6.45, 7) is 6.75. The maximum Gasteiger partial charge on any atom is 0.244 e. The van der Waals surface area contributed by atoms with Crippen molar-refractivity contribution in [2.75, 3.05) is 26.3 Å². The van der Waals surface area contributed by atoms with Gasteiger partial charge in [0.1, 0.15) is 6.54 Å². The number of nitrogens with zero attached hydrogens (tertiary/aromatic N) is 3. The fraction of sp³-hybridized carbons (Fsp3) is 0.733. The standard InChI is InChI=1S/C15H22ClN3O3/c1-10-14(16)11(2)19(17-10)9-13(20)18-5-3-4-12(8-18)15-21-6-7-22-15/h12,15H,3-9H2,1-2H3. The molecule has 0 bridgehead atoms. The molecule has 1 atom stereocenters. The second-order valence-electron chi connectivity index (χ2n) is 5.99. The molecule has 0 N–H and O–H groups in total. The molecular weight excluding hydrogens is 306 g/mol. The predicted octanol–water partition coefficient (Wildman–Crippen LogP) is 1.76. The van der Waals surface area contributed by atoms with Gasteiger partial charge >= 0.3 is 0 Å². The van der Waals surface area contributed by atoms with Crippen molar-refractivity contribution >= 4 is 17.5 Å². The van der Waals surface area contributed by atoms with Gasteiger partial charge in [0.25, 0.3) is 0 Å². The minimum atomic E-state index is -0.154. The maximum absolute atomic E-state index is 12.5. The molecule has 1 aromatic heterocycles. The predicted molar refractivity (Wildman–Crippen MR) is 81.7 cm³/mol. The molecule has 2 fully saturated rings. The molecule has 6 nitrogen and oxygen atoms in total. The van der Waals surface area contributed by atoms with Crippen molar-refractivity contribution in [2.24, 2.45) is 5.92 Å². The number of aromatic nitrogens is 2. The third-order valence-electron chi connectivity index (χ3n) is 4.42. The van der Waals surface area contributed by atoms with E-state index in [1.165, 1.54) is 0 Å². The van der Waals surface area contributed by atoms with Gasteiger partial charge in [0, 0.05) is 19.0 Å². The highest BCUT2D eigenvalue weighted by molar-refractivity contribution is 6.31. The lowest BCUT2D eigenvalue weighted by atomic mass is 9.97. The van der Waals surface area contributed by atoms with Crippen LogP contribution in [0, 0.1) is 19.8 Å². The van der Waals surface area contributed by atoms with Gasteiger partial charge in [0.2, 0.25) is 5.91 Å². The van der Waals surface area contributed by atoms with Crippen LogP contribution in [0.5, 0.6) is 0 Å². The molecule has 0 aliphatic carbocycles. The number of halogens is 1. The van der Waals surface area contributed by atoms with Gasteiger partial charge in [0.05, 0.1) is 29.6 Å². The Morgan fingerprint density at radius 3 is 2.73 bits per heavy atom. The van der Waals surface area contributed by atoms with E-state index in [2.05, 4.69) is 5.10 Å². The average molecular weight is 328 g/mol. The normalized spacial score (nSPS) is 23.2. The summed E-state index contributed by atoms with van der Waals surface area (Å²) in [7, 11) is 0. The third kappa shape index (κ3) is 3.14. The molecule has 2 aliphatic rings. The topological polar surface area (TPSA) is 56.6 Å². The van der Waals surface area contributed by atoms with E-state index in [-0.39, 0.29) is 24.7 Å². The van der Waals surface area contributed by atoms with Crippen molar-refractivity contribution in [3.8, 4) is 0 Å². The number of ether oxygens (including phenoxy) is 2. The van der Waals surface area contributed by atoms with Crippen LogP contribution in [0.15, 0.2) is 0 Å². The molecule has 122 valence electrons. The second kappa shape index (κ2) is 6.56. The van der Waals surface area contributed by atoms with E-state index in [1.807, 2.05) is 18.7 Å². The zero-order valence-electron chi connectivity index (χ0n) is 13.0. The minimum Gasteiger partial charge on any atom is -0.350 e. The zero-order chi connectivity index (χ0) is 15.7. The van der Waals surface area contributed by atoms with E-state index in [1.54, 1.807) is 4.68 Å². The second-order valence-corrected chi connectivity index (χ2v) is 6.37. The van der Waals surface area contributed by atoms with Crippen LogP contribution < -0.4 is 0 Å². The molecular formula is C15H22ClN3O3. The first-order valence-corrected chi connectivity index (χ1v) is 8.14. The molecule has 22 heavy (non-hydrogen) atoms. The highest BCUT2D eigenvalue weighted by Gasteiger charge is 2.32. The van der Waals surface area contributed by atoms with Crippen LogP contribution >= 0.6 is 11.6 Å². The lowest BCUT2D eigenvalue weighted by Crippen LogP contribution is -2.45. The van der Waals surface area contributed by atoms with Crippen molar-refractivity contribution < 1.29 is 14.3 Å². The Kier molecular flexibility index (Phi) is 4.70. The molecule has 2 saturated heterocycles. The Labute approximate surface area is 135 Å². The Hall–Kier alpha value is -1.11. The molecule has 1 aromatic rings. The highest BCUT2D eigenvalue weighted by Crippen LogP contribution is 2.25. The Morgan fingerprint density at radius 1 is 1.36 bits per heavy atom. The lowest BCUT2D eigenvalue weighted by molar-refractivity contribution is -0.140. The van der Waals surface area contributed by atoms with E-state index >= 15 is 0 Å². The van der Waals surface area contributed by atoms with E-state index in [4.69, 9.17) is 21.1 Å². The summed E-state index contributed by atoms with van der Waals surface area (Å²) < 4.78 is 12.9. The number of carbonyl (C=O) groups is 1. The van der Waals surface area contributed by atoms with Gasteiger partial charge in [-0.2, -0.15) is 5.10 Å². The van der Waals surface area contributed by atoms with E-state index in [0.29, 0.717) is 24.8 Å². The van der Waals surface area contributed by atoms with Gasteiger partial charge in [-0.1, -0.05) is 11.6 Å². The zero-order valence-corrected chi connectivity index (χ0v) is 13.8. The maximum atomic E-state index is 12.5. The Morgan fingerprint density at radius 2 is 2.09 bits per heavy atom. The molecule has 0 radical (unpaired) electrons. The number of carbonyl (C=O) groups excluding carboxylic acids is 1. The summed E-state index contributed by atoms with van der Waals surface area (Å²) in [4.78, 5) is 14.4. The van der Waals surface area contributed by atoms with Gasteiger partial charge in [-0.05, 0) is 26.7 Å². The fourth-order valence-electron chi connectivity index (χ4n) is 3.16. The molecule has 3 rings (SSSR count). The molecule has 7 heteroatoms. The fourth-order valence-corrected chi connectivity index (χ4v) is 3.30. The summed E-state index contributed by atoms with van der Waals surface area (Å²) >= 11 is 6.14. The van der Waals surface area contributed by atoms with E-state index in [0.717, 1.165) is 30.8 Å². The van der Waals surface area contributed by atoms with Crippen LogP contribution in [0.25, 0.3) is 0 Å². The molecule has 2 aliphatic heterocycles. The summed E-state index contributed by atoms with van der Waals surface area (Å²) in [6, 6.07) is 0. The van der Waals surface area contributed by atoms with Crippen LogP contribution in [0.2, 0.25) is 5.02 Å². The molecule has 0 aromatic carbocycles. The van der Waals surface area contributed by atoms with Gasteiger partial charge < -0.3 is 14.4 Å². The van der Waals surface area contributed by atoms with Crippen LogP contribution in [-0.4, -0.2) is 53.2 Å². The number of amides is 1. The van der Waals surface area contributed by atoms with E-state index < -0.39 is 0 Å². The minimum absolute atomic E-state index is 0.0740. The van der Waals surface area contributed by atoms with Crippen molar-refractivity contribution in [1.82, 2.24) is 14.7 Å². The smallest absolute Gasteiger partial charge is 0.244 e. The quantitative estimate of drug-likeness (QED) is 0.849. The molecule has 1 unspecified atom stereocenters. The third-order valence-corrected chi connectivity index (χ3v) is 4.97. The van der Waals surface area contributed by atoms with Crippen molar-refractivity contribution in [2.45, 2.75) is 39.5 Å². The number of aryl methyl sites for hydroxylation is 1. The SMILES string of the molecule is Cc1nn(CC(=O)N2CCCC(C3OCCO3)C2)c(C)c1Cl. The van der Waals surface area contributed by atoms with Crippen LogP contribution in [-0.2, 0) is 20.8 Å². The Bertz CT molecular complexity index is 554. The van der Waals surface area contributed by atoms with Gasteiger partial charge in [0.15, 0.2) is 6.29 Å². The number of rotatable bonds is 3. The van der Waals surface area contributed by atoms with Crippen molar-refractivity contribution in [1.29, 1.82) is 0 Å². The first kappa shape index (κ1) is 15.8. The van der Waals surface area contributed by atoms with Gasteiger partial charge in [-0.15, -0.1) is 0 Å². The summed E-state index contributed by atoms with van der Waals surface area (Å²) in [5, 5.41) is 4.97. The highest BCUT2D eigenvalue weighted by atomic mass is 35.5. The van der Waals surface area contributed by atoms with Crippen molar-refractivity contribution in [3.63, 3.8) is 0 Å². The average Bonchev–Trinajstić information content (AvgIpc) is 3.13. The summed E-state index contributed by atoms with van der Waals surface area (Å²) in [5.41, 5.74) is 1.60. The van der Waals surface area contributed by atoms with Crippen LogP contribution in [0.1, 0.15) is 24.2 Å². The Balaban J connectivity index is 1.62. The van der Waals surface area contributed by atoms with Gasteiger partial charge in [-0.25, -0.2) is 0 Å². The largest absolute Gasteiger partial charge is 0.350 e. The lowest BCUT2D eigenvalue weighted by Gasteiger charge is -2.34. The van der Waals surface area contributed by atoms with Crippen molar-refractivity contribution in [3.05, 3.63) is 16.4 Å². The van der Waals surface area contributed by atoms with E-state index in [9.17, 15) is 4.79 Å². The number of likely N-dealkylation sites (tertiary alicyclic amines) is 1. The first-order chi connectivity index (χ1) is 10.6. The van der Waals surface area contributed by atoms with Gasteiger partial charge in [-0.3, -0.25) is 9.48 Å². The number of hydrogen-bond acceptors (Lipinski definition) is 4. The monoisotopic (exact) mass is 327 g/mol. The number of hydrogen-bond donors (Lipinski definition) is 0. The molecule has 0 spiro atoms. The van der Waals surface area contributed by atoms with Crippen LogP contribution in [0.4, 0.5) is 0 Å².